The molecule has 0 atom stereocenters. The molecule has 17 heavy (non-hydrogen) atoms. The van der Waals surface area contributed by atoms with Crippen LogP contribution in [0.2, 0.25) is 0 Å². The molecule has 0 fully saturated rings. The van der Waals surface area contributed by atoms with E-state index in [0.29, 0.717) is 6.54 Å². The number of rotatable bonds is 5. The number of imidazole rings is 1. The zero-order valence-electron chi connectivity index (χ0n) is 10.0. The van der Waals surface area contributed by atoms with Crippen LogP contribution in [0.1, 0.15) is 5.82 Å². The summed E-state index contributed by atoms with van der Waals surface area (Å²) in [6.45, 7) is 5.12. The average Bonchev–Trinajstić information content (AvgIpc) is 2.68. The lowest BCUT2D eigenvalue weighted by atomic mass is 10.3. The molecule has 0 aliphatic heterocycles. The van der Waals surface area contributed by atoms with Crippen LogP contribution >= 0.6 is 0 Å². The smallest absolute Gasteiger partial charge is 0.121 e. The molecule has 0 spiro atoms. The second kappa shape index (κ2) is 5.01. The minimum atomic E-state index is 0.595. The van der Waals surface area contributed by atoms with Gasteiger partial charge in [-0.3, -0.25) is 0 Å². The van der Waals surface area contributed by atoms with Gasteiger partial charge >= 0.3 is 0 Å². The van der Waals surface area contributed by atoms with Crippen molar-refractivity contribution in [3.05, 3.63) is 36.7 Å². The Morgan fingerprint density at radius 3 is 3.00 bits per heavy atom. The highest BCUT2D eigenvalue weighted by molar-refractivity contribution is 5.77. The fourth-order valence-electron chi connectivity index (χ4n) is 1.94. The zero-order chi connectivity index (χ0) is 12.3. The van der Waals surface area contributed by atoms with E-state index in [-0.39, 0.29) is 0 Å². The number of aromatic nitrogens is 2. The first kappa shape index (κ1) is 11.7. The Morgan fingerprint density at radius 2 is 2.35 bits per heavy atom. The van der Waals surface area contributed by atoms with Crippen molar-refractivity contribution in [2.45, 2.75) is 13.0 Å². The third kappa shape index (κ3) is 2.17. The van der Waals surface area contributed by atoms with Crippen molar-refractivity contribution in [2.24, 2.45) is 5.73 Å². The highest BCUT2D eigenvalue weighted by Crippen LogP contribution is 2.22. The average molecular weight is 231 g/mol. The van der Waals surface area contributed by atoms with Crippen molar-refractivity contribution in [3.8, 4) is 5.75 Å². The summed E-state index contributed by atoms with van der Waals surface area (Å²) >= 11 is 0. The number of benzene rings is 1. The Labute approximate surface area is 101 Å². The SMILES string of the molecule is C=CCn1c(CCN)nc2cc(OC)ccc21. The Hall–Kier alpha value is -1.81. The molecule has 2 N–H and O–H groups in total. The number of nitrogens with zero attached hydrogens (tertiary/aromatic N) is 2. The third-order valence-corrected chi connectivity index (χ3v) is 2.71. The van der Waals surface area contributed by atoms with Gasteiger partial charge in [-0.25, -0.2) is 4.98 Å². The summed E-state index contributed by atoms with van der Waals surface area (Å²) in [4.78, 5) is 4.58. The number of methoxy groups -OCH3 is 1. The molecule has 1 aromatic carbocycles. The Balaban J connectivity index is 2.56. The largest absolute Gasteiger partial charge is 0.497 e. The van der Waals surface area contributed by atoms with Crippen molar-refractivity contribution in [2.75, 3.05) is 13.7 Å². The third-order valence-electron chi connectivity index (χ3n) is 2.71. The van der Waals surface area contributed by atoms with Crippen molar-refractivity contribution >= 4 is 11.0 Å². The molecule has 0 saturated carbocycles. The van der Waals surface area contributed by atoms with Crippen LogP contribution in [0.3, 0.4) is 0 Å². The van der Waals surface area contributed by atoms with Crippen molar-refractivity contribution < 1.29 is 4.74 Å². The molecule has 2 aromatic rings. The number of hydrogen-bond donors (Lipinski definition) is 1. The normalized spacial score (nSPS) is 10.7. The summed E-state index contributed by atoms with van der Waals surface area (Å²) in [6.07, 6.45) is 2.64. The molecule has 0 radical (unpaired) electrons. The maximum absolute atomic E-state index is 5.60. The van der Waals surface area contributed by atoms with Crippen molar-refractivity contribution in [3.63, 3.8) is 0 Å². The van der Waals surface area contributed by atoms with Gasteiger partial charge in [0.25, 0.3) is 0 Å². The van der Waals surface area contributed by atoms with E-state index >= 15 is 0 Å². The molecule has 0 aliphatic carbocycles. The standard InChI is InChI=1S/C13H17N3O/c1-3-8-16-12-5-4-10(17-2)9-11(12)15-13(16)6-7-14/h3-5,9H,1,6-8,14H2,2H3. The molecule has 0 aliphatic rings. The Bertz CT molecular complexity index is 531. The van der Waals surface area contributed by atoms with E-state index in [9.17, 15) is 0 Å². The molecule has 4 nitrogen and oxygen atoms in total. The monoisotopic (exact) mass is 231 g/mol. The van der Waals surface area contributed by atoms with E-state index < -0.39 is 0 Å². The predicted molar refractivity (Wildman–Crippen MR) is 69.2 cm³/mol. The van der Waals surface area contributed by atoms with E-state index in [1.165, 1.54) is 0 Å². The van der Waals surface area contributed by atoms with Gasteiger partial charge in [-0.1, -0.05) is 6.08 Å². The molecular formula is C13H17N3O. The van der Waals surface area contributed by atoms with Gasteiger partial charge in [-0.05, 0) is 18.7 Å². The highest BCUT2D eigenvalue weighted by Gasteiger charge is 2.09. The molecular weight excluding hydrogens is 214 g/mol. The first-order chi connectivity index (χ1) is 8.30. The summed E-state index contributed by atoms with van der Waals surface area (Å²) in [5, 5.41) is 0. The number of ether oxygens (including phenoxy) is 1. The number of hydrogen-bond acceptors (Lipinski definition) is 3. The van der Waals surface area contributed by atoms with E-state index in [0.717, 1.165) is 35.6 Å². The van der Waals surface area contributed by atoms with E-state index in [4.69, 9.17) is 10.5 Å². The predicted octanol–water partition coefficient (Wildman–Crippen LogP) is 1.73. The second-order valence-electron chi connectivity index (χ2n) is 3.82. The Kier molecular flexibility index (Phi) is 3.44. The van der Waals surface area contributed by atoms with Gasteiger partial charge in [0.1, 0.15) is 11.6 Å². The summed E-state index contributed by atoms with van der Waals surface area (Å²) < 4.78 is 7.33. The molecule has 1 heterocycles. The topological polar surface area (TPSA) is 53.1 Å². The van der Waals surface area contributed by atoms with E-state index in [2.05, 4.69) is 16.1 Å². The van der Waals surface area contributed by atoms with Crippen LogP contribution in [-0.4, -0.2) is 23.2 Å². The lowest BCUT2D eigenvalue weighted by Crippen LogP contribution is -2.09. The number of nitrogens with two attached hydrogens (primary N) is 1. The second-order valence-corrected chi connectivity index (χ2v) is 3.82. The van der Waals surface area contributed by atoms with Gasteiger partial charge in [0.2, 0.25) is 0 Å². The van der Waals surface area contributed by atoms with E-state index in [1.807, 2.05) is 24.3 Å². The minimum Gasteiger partial charge on any atom is -0.497 e. The van der Waals surface area contributed by atoms with Crippen LogP contribution in [0, 0.1) is 0 Å². The van der Waals surface area contributed by atoms with Crippen molar-refractivity contribution in [1.82, 2.24) is 9.55 Å². The lowest BCUT2D eigenvalue weighted by Gasteiger charge is -2.05. The van der Waals surface area contributed by atoms with Gasteiger partial charge < -0.3 is 15.0 Å². The minimum absolute atomic E-state index is 0.595. The van der Waals surface area contributed by atoms with Crippen LogP contribution in [0.15, 0.2) is 30.9 Å². The number of fused-ring (bicyclic) bond motifs is 1. The summed E-state index contributed by atoms with van der Waals surface area (Å²) in [6, 6.07) is 5.90. The fraction of sp³-hybridized carbons (Fsp3) is 0.308. The van der Waals surface area contributed by atoms with Gasteiger partial charge in [0, 0.05) is 19.0 Å². The lowest BCUT2D eigenvalue weighted by molar-refractivity contribution is 0.415. The molecule has 90 valence electrons. The van der Waals surface area contributed by atoms with Crippen LogP contribution < -0.4 is 10.5 Å². The Morgan fingerprint density at radius 1 is 1.53 bits per heavy atom. The zero-order valence-corrected chi connectivity index (χ0v) is 10.0. The molecule has 0 amide bonds. The molecule has 0 saturated heterocycles. The van der Waals surface area contributed by atoms with Gasteiger partial charge in [-0.15, -0.1) is 6.58 Å². The first-order valence-corrected chi connectivity index (χ1v) is 5.64. The summed E-state index contributed by atoms with van der Waals surface area (Å²) in [7, 11) is 1.66. The van der Waals surface area contributed by atoms with E-state index in [1.54, 1.807) is 7.11 Å². The van der Waals surface area contributed by atoms with Crippen LogP contribution in [0.5, 0.6) is 5.75 Å². The van der Waals surface area contributed by atoms with Gasteiger partial charge in [0.05, 0.1) is 18.1 Å². The maximum Gasteiger partial charge on any atom is 0.121 e. The quantitative estimate of drug-likeness (QED) is 0.797. The maximum atomic E-state index is 5.60. The van der Waals surface area contributed by atoms with Gasteiger partial charge in [0.15, 0.2) is 0 Å². The van der Waals surface area contributed by atoms with Crippen LogP contribution in [0.25, 0.3) is 11.0 Å². The van der Waals surface area contributed by atoms with Crippen LogP contribution in [0.4, 0.5) is 0 Å². The highest BCUT2D eigenvalue weighted by atomic mass is 16.5. The molecule has 4 heteroatoms. The van der Waals surface area contributed by atoms with Gasteiger partial charge in [-0.2, -0.15) is 0 Å². The van der Waals surface area contributed by atoms with Crippen LogP contribution in [-0.2, 0) is 13.0 Å². The summed E-state index contributed by atoms with van der Waals surface area (Å²) in [5.41, 5.74) is 7.63. The fourth-order valence-corrected chi connectivity index (χ4v) is 1.94. The molecule has 1 aromatic heterocycles. The summed E-state index contributed by atoms with van der Waals surface area (Å²) in [5.74, 6) is 1.82. The first-order valence-electron chi connectivity index (χ1n) is 5.64. The molecule has 2 rings (SSSR count). The molecule has 0 bridgehead atoms. The molecule has 0 unspecified atom stereocenters. The number of allylic oxidation sites excluding steroid dienone is 1. The van der Waals surface area contributed by atoms with Crippen molar-refractivity contribution in [1.29, 1.82) is 0 Å².